The van der Waals surface area contributed by atoms with Gasteiger partial charge in [-0.2, -0.15) is 4.98 Å². The Morgan fingerprint density at radius 1 is 1.38 bits per heavy atom. The standard InChI is InChI=1S/C13H15ClN2O4S/c1-3-4-13-15-12(16-20-13)8-19-10-5-6-11(9(2)7-10)21(14,17)18/h5-7H,3-4,8H2,1-2H3. The highest BCUT2D eigenvalue weighted by Crippen LogP contribution is 2.24. The third-order valence-corrected chi connectivity index (χ3v) is 4.23. The van der Waals surface area contributed by atoms with Crippen LogP contribution in [0, 0.1) is 6.92 Å². The number of ether oxygens (including phenoxy) is 1. The van der Waals surface area contributed by atoms with Crippen molar-refractivity contribution in [2.45, 2.75) is 38.2 Å². The fourth-order valence-corrected chi connectivity index (χ4v) is 2.99. The van der Waals surface area contributed by atoms with Crippen molar-refractivity contribution >= 4 is 19.7 Å². The molecule has 1 aromatic heterocycles. The van der Waals surface area contributed by atoms with Crippen LogP contribution in [0.5, 0.6) is 5.75 Å². The van der Waals surface area contributed by atoms with Crippen molar-refractivity contribution in [3.63, 3.8) is 0 Å². The van der Waals surface area contributed by atoms with Gasteiger partial charge in [0, 0.05) is 17.1 Å². The zero-order valence-corrected chi connectivity index (χ0v) is 13.2. The first kappa shape index (κ1) is 15.8. The summed E-state index contributed by atoms with van der Waals surface area (Å²) >= 11 is 0. The van der Waals surface area contributed by atoms with E-state index in [1.807, 2.05) is 6.92 Å². The van der Waals surface area contributed by atoms with Crippen LogP contribution in [-0.4, -0.2) is 18.6 Å². The number of nitrogens with zero attached hydrogens (tertiary/aromatic N) is 2. The van der Waals surface area contributed by atoms with Crippen LogP contribution in [0.15, 0.2) is 27.6 Å². The first-order valence-corrected chi connectivity index (χ1v) is 8.70. The van der Waals surface area contributed by atoms with E-state index in [1.165, 1.54) is 12.1 Å². The van der Waals surface area contributed by atoms with Gasteiger partial charge in [-0.05, 0) is 37.1 Å². The lowest BCUT2D eigenvalue weighted by atomic mass is 10.2. The molecule has 0 atom stereocenters. The highest BCUT2D eigenvalue weighted by Gasteiger charge is 2.14. The highest BCUT2D eigenvalue weighted by molar-refractivity contribution is 8.13. The molecule has 0 aliphatic heterocycles. The Labute approximate surface area is 127 Å². The molecule has 0 amide bonds. The number of hydrogen-bond acceptors (Lipinski definition) is 6. The topological polar surface area (TPSA) is 82.3 Å². The molecule has 0 N–H and O–H groups in total. The quantitative estimate of drug-likeness (QED) is 0.757. The van der Waals surface area contributed by atoms with Crippen LogP contribution >= 0.6 is 10.7 Å². The van der Waals surface area contributed by atoms with Gasteiger partial charge in [0.1, 0.15) is 5.75 Å². The Hall–Kier alpha value is -1.60. The smallest absolute Gasteiger partial charge is 0.261 e. The van der Waals surface area contributed by atoms with Gasteiger partial charge in [0.15, 0.2) is 6.61 Å². The molecule has 1 heterocycles. The molecule has 6 nitrogen and oxygen atoms in total. The van der Waals surface area contributed by atoms with Crippen molar-refractivity contribution < 1.29 is 17.7 Å². The number of aryl methyl sites for hydroxylation is 2. The summed E-state index contributed by atoms with van der Waals surface area (Å²) in [4.78, 5) is 4.25. The largest absolute Gasteiger partial charge is 0.485 e. The molecular formula is C13H15ClN2O4S. The molecule has 0 aliphatic carbocycles. The van der Waals surface area contributed by atoms with Crippen molar-refractivity contribution in [2.75, 3.05) is 0 Å². The van der Waals surface area contributed by atoms with E-state index >= 15 is 0 Å². The third-order valence-electron chi connectivity index (χ3n) is 2.75. The van der Waals surface area contributed by atoms with Crippen LogP contribution in [-0.2, 0) is 22.1 Å². The molecule has 8 heteroatoms. The van der Waals surface area contributed by atoms with E-state index in [2.05, 4.69) is 10.1 Å². The van der Waals surface area contributed by atoms with E-state index in [0.29, 0.717) is 23.0 Å². The molecule has 0 saturated heterocycles. The predicted octanol–water partition coefficient (Wildman–Crippen LogP) is 2.84. The van der Waals surface area contributed by atoms with Gasteiger partial charge in [-0.15, -0.1) is 0 Å². The molecule has 0 unspecified atom stereocenters. The van der Waals surface area contributed by atoms with E-state index < -0.39 is 9.05 Å². The maximum Gasteiger partial charge on any atom is 0.261 e. The Bertz CT molecular complexity index is 728. The van der Waals surface area contributed by atoms with Crippen molar-refractivity contribution in [2.24, 2.45) is 0 Å². The van der Waals surface area contributed by atoms with Gasteiger partial charge >= 0.3 is 0 Å². The Kier molecular flexibility index (Phi) is 4.84. The molecule has 114 valence electrons. The summed E-state index contributed by atoms with van der Waals surface area (Å²) in [5.74, 6) is 1.54. The SMILES string of the molecule is CCCc1nc(COc2ccc(S(=O)(=O)Cl)c(C)c2)no1. The molecule has 1 aromatic carbocycles. The summed E-state index contributed by atoms with van der Waals surface area (Å²) < 4.78 is 33.2. The normalized spacial score (nSPS) is 11.6. The fraction of sp³-hybridized carbons (Fsp3) is 0.385. The van der Waals surface area contributed by atoms with E-state index in [4.69, 9.17) is 19.9 Å². The number of rotatable bonds is 6. The summed E-state index contributed by atoms with van der Waals surface area (Å²) in [6.45, 7) is 3.82. The van der Waals surface area contributed by atoms with E-state index in [-0.39, 0.29) is 11.5 Å². The van der Waals surface area contributed by atoms with Crippen molar-refractivity contribution in [3.05, 3.63) is 35.5 Å². The third kappa shape index (κ3) is 4.18. The average molecular weight is 331 g/mol. The molecule has 0 radical (unpaired) electrons. The predicted molar refractivity (Wildman–Crippen MR) is 76.8 cm³/mol. The minimum Gasteiger partial charge on any atom is -0.485 e. The van der Waals surface area contributed by atoms with Crippen LogP contribution in [0.3, 0.4) is 0 Å². The molecule has 0 spiro atoms. The molecule has 2 aromatic rings. The lowest BCUT2D eigenvalue weighted by molar-refractivity contribution is 0.284. The molecule has 0 aliphatic rings. The maximum absolute atomic E-state index is 11.3. The molecule has 0 bridgehead atoms. The summed E-state index contributed by atoms with van der Waals surface area (Å²) in [5.41, 5.74) is 0.516. The zero-order chi connectivity index (χ0) is 15.5. The summed E-state index contributed by atoms with van der Waals surface area (Å²) in [7, 11) is 1.58. The summed E-state index contributed by atoms with van der Waals surface area (Å²) in [6.07, 6.45) is 1.66. The van der Waals surface area contributed by atoms with Crippen LogP contribution in [0.25, 0.3) is 0 Å². The number of hydrogen-bond donors (Lipinski definition) is 0. The summed E-state index contributed by atoms with van der Waals surface area (Å²) in [5, 5.41) is 3.80. The molecular weight excluding hydrogens is 316 g/mol. The second-order valence-electron chi connectivity index (χ2n) is 4.51. The molecule has 2 rings (SSSR count). The maximum atomic E-state index is 11.3. The van der Waals surface area contributed by atoms with Gasteiger partial charge in [0.05, 0.1) is 4.90 Å². The van der Waals surface area contributed by atoms with Crippen LogP contribution in [0.2, 0.25) is 0 Å². The molecule has 0 fully saturated rings. The second kappa shape index (κ2) is 6.44. The van der Waals surface area contributed by atoms with Crippen LogP contribution in [0.1, 0.15) is 30.6 Å². The molecule has 21 heavy (non-hydrogen) atoms. The first-order chi connectivity index (χ1) is 9.90. The fourth-order valence-electron chi connectivity index (χ4n) is 1.80. The first-order valence-electron chi connectivity index (χ1n) is 6.39. The minimum atomic E-state index is -3.74. The lowest BCUT2D eigenvalue weighted by Crippen LogP contribution is -2.00. The van der Waals surface area contributed by atoms with E-state index in [9.17, 15) is 8.42 Å². The van der Waals surface area contributed by atoms with E-state index in [0.717, 1.165) is 12.8 Å². The Balaban J connectivity index is 2.05. The van der Waals surface area contributed by atoms with Gasteiger partial charge in [-0.1, -0.05) is 12.1 Å². The minimum absolute atomic E-state index is 0.0707. The zero-order valence-electron chi connectivity index (χ0n) is 11.7. The van der Waals surface area contributed by atoms with Gasteiger partial charge in [-0.25, -0.2) is 8.42 Å². The Morgan fingerprint density at radius 3 is 2.76 bits per heavy atom. The van der Waals surface area contributed by atoms with Crippen molar-refractivity contribution in [1.82, 2.24) is 10.1 Å². The van der Waals surface area contributed by atoms with Crippen LogP contribution in [0.4, 0.5) is 0 Å². The highest BCUT2D eigenvalue weighted by atomic mass is 35.7. The summed E-state index contributed by atoms with van der Waals surface area (Å²) in [6, 6.07) is 4.54. The van der Waals surface area contributed by atoms with Gasteiger partial charge in [0.2, 0.25) is 11.7 Å². The van der Waals surface area contributed by atoms with Gasteiger partial charge < -0.3 is 9.26 Å². The van der Waals surface area contributed by atoms with Crippen molar-refractivity contribution in [3.8, 4) is 5.75 Å². The van der Waals surface area contributed by atoms with Gasteiger partial charge in [-0.3, -0.25) is 0 Å². The lowest BCUT2D eigenvalue weighted by Gasteiger charge is -2.06. The second-order valence-corrected chi connectivity index (χ2v) is 7.04. The number of aromatic nitrogens is 2. The monoisotopic (exact) mass is 330 g/mol. The van der Waals surface area contributed by atoms with E-state index in [1.54, 1.807) is 13.0 Å². The van der Waals surface area contributed by atoms with Crippen LogP contribution < -0.4 is 4.74 Å². The number of halogens is 1. The van der Waals surface area contributed by atoms with Gasteiger partial charge in [0.25, 0.3) is 9.05 Å². The molecule has 0 saturated carbocycles. The Morgan fingerprint density at radius 2 is 2.14 bits per heavy atom. The number of benzene rings is 1. The van der Waals surface area contributed by atoms with Crippen molar-refractivity contribution in [1.29, 1.82) is 0 Å². The average Bonchev–Trinajstić information content (AvgIpc) is 2.83.